The zero-order valence-corrected chi connectivity index (χ0v) is 15.9. The molecule has 1 amide bonds. The van der Waals surface area contributed by atoms with Crippen molar-refractivity contribution in [2.24, 2.45) is 0 Å². The van der Waals surface area contributed by atoms with E-state index in [2.05, 4.69) is 11.8 Å². The molecule has 2 fully saturated rings. The molecule has 0 radical (unpaired) electrons. The largest absolute Gasteiger partial charge is 0.390 e. The standard InChI is InChI=1S/C21H32N2O2/c1-16-6-4-5-13-23(16)19-14-22(15-19)20(24)18-9-7-17(8-10-18)11-12-21(2,3)25/h7-10,16,19,25H,4-6,11-15H2,1-3H3/t16-/m1/s1. The van der Waals surface area contributed by atoms with E-state index >= 15 is 0 Å². The molecule has 3 rings (SSSR count). The summed E-state index contributed by atoms with van der Waals surface area (Å²) in [5.41, 5.74) is 1.30. The molecule has 2 aliphatic rings. The second-order valence-electron chi connectivity index (χ2n) is 8.46. The number of piperidine rings is 1. The fourth-order valence-electron chi connectivity index (χ4n) is 3.94. The van der Waals surface area contributed by atoms with Crippen molar-refractivity contribution in [1.82, 2.24) is 9.80 Å². The van der Waals surface area contributed by atoms with Crippen molar-refractivity contribution < 1.29 is 9.90 Å². The minimum absolute atomic E-state index is 0.148. The molecule has 0 aromatic heterocycles. The molecule has 1 aromatic rings. The molecule has 0 spiro atoms. The first-order valence-corrected chi connectivity index (χ1v) is 9.70. The van der Waals surface area contributed by atoms with Gasteiger partial charge in [0.1, 0.15) is 0 Å². The number of hydrogen-bond acceptors (Lipinski definition) is 3. The maximum atomic E-state index is 12.6. The maximum Gasteiger partial charge on any atom is 0.253 e. The molecule has 0 unspecified atom stereocenters. The van der Waals surface area contributed by atoms with E-state index in [9.17, 15) is 9.90 Å². The lowest BCUT2D eigenvalue weighted by Crippen LogP contribution is -2.63. The van der Waals surface area contributed by atoms with E-state index in [0.717, 1.165) is 31.5 Å². The lowest BCUT2D eigenvalue weighted by Gasteiger charge is -2.49. The zero-order chi connectivity index (χ0) is 18.0. The Morgan fingerprint density at radius 2 is 1.88 bits per heavy atom. The molecule has 4 nitrogen and oxygen atoms in total. The van der Waals surface area contributed by atoms with Gasteiger partial charge >= 0.3 is 0 Å². The van der Waals surface area contributed by atoms with Crippen LogP contribution in [0.1, 0.15) is 62.4 Å². The van der Waals surface area contributed by atoms with Crippen molar-refractivity contribution in [2.45, 2.75) is 70.6 Å². The van der Waals surface area contributed by atoms with E-state index in [1.165, 1.54) is 31.4 Å². The van der Waals surface area contributed by atoms with Gasteiger partial charge in [-0.25, -0.2) is 0 Å². The summed E-state index contributed by atoms with van der Waals surface area (Å²) in [7, 11) is 0. The van der Waals surface area contributed by atoms with Crippen molar-refractivity contribution in [3.8, 4) is 0 Å². The van der Waals surface area contributed by atoms with Crippen LogP contribution in [0.3, 0.4) is 0 Å². The molecule has 2 saturated heterocycles. The third kappa shape index (κ3) is 4.62. The van der Waals surface area contributed by atoms with Crippen LogP contribution in [0.25, 0.3) is 0 Å². The number of hydrogen-bond donors (Lipinski definition) is 1. The first-order valence-electron chi connectivity index (χ1n) is 9.70. The first kappa shape index (κ1) is 18.4. The van der Waals surface area contributed by atoms with Crippen LogP contribution in [-0.4, -0.2) is 58.1 Å². The Bertz CT molecular complexity index is 585. The number of aryl methyl sites for hydroxylation is 1. The monoisotopic (exact) mass is 344 g/mol. The average molecular weight is 344 g/mol. The molecule has 25 heavy (non-hydrogen) atoms. The smallest absolute Gasteiger partial charge is 0.253 e. The Kier molecular flexibility index (Phi) is 5.49. The summed E-state index contributed by atoms with van der Waals surface area (Å²) >= 11 is 0. The van der Waals surface area contributed by atoms with Crippen molar-refractivity contribution in [1.29, 1.82) is 0 Å². The third-order valence-corrected chi connectivity index (χ3v) is 5.70. The van der Waals surface area contributed by atoms with Crippen molar-refractivity contribution in [2.75, 3.05) is 19.6 Å². The highest BCUT2D eigenvalue weighted by molar-refractivity contribution is 5.94. The molecule has 0 bridgehead atoms. The summed E-state index contributed by atoms with van der Waals surface area (Å²) in [6.45, 7) is 8.88. The van der Waals surface area contributed by atoms with E-state index < -0.39 is 5.60 Å². The molecule has 1 atom stereocenters. The number of carbonyl (C=O) groups is 1. The van der Waals surface area contributed by atoms with Crippen molar-refractivity contribution in [3.05, 3.63) is 35.4 Å². The van der Waals surface area contributed by atoms with Crippen molar-refractivity contribution >= 4 is 5.91 Å². The van der Waals surface area contributed by atoms with Crippen LogP contribution < -0.4 is 0 Å². The Morgan fingerprint density at radius 1 is 1.20 bits per heavy atom. The third-order valence-electron chi connectivity index (χ3n) is 5.70. The summed E-state index contributed by atoms with van der Waals surface area (Å²) in [5.74, 6) is 0.148. The minimum atomic E-state index is -0.646. The number of carbonyl (C=O) groups excluding carboxylic acids is 1. The van der Waals surface area contributed by atoms with E-state index in [-0.39, 0.29) is 5.91 Å². The quantitative estimate of drug-likeness (QED) is 0.893. The molecule has 0 aliphatic carbocycles. The predicted octanol–water partition coefficient (Wildman–Crippen LogP) is 3.09. The molecule has 4 heteroatoms. The van der Waals surface area contributed by atoms with Gasteiger partial charge in [0.05, 0.1) is 5.60 Å². The van der Waals surface area contributed by atoms with Crippen LogP contribution in [0.5, 0.6) is 0 Å². The number of nitrogens with zero attached hydrogens (tertiary/aromatic N) is 2. The highest BCUT2D eigenvalue weighted by Crippen LogP contribution is 2.25. The second-order valence-corrected chi connectivity index (χ2v) is 8.46. The molecular formula is C21H32N2O2. The van der Waals surface area contributed by atoms with E-state index in [1.54, 1.807) is 0 Å². The van der Waals surface area contributed by atoms with Gasteiger partial charge in [-0.05, 0) is 70.7 Å². The van der Waals surface area contributed by atoms with Crippen LogP contribution in [0.4, 0.5) is 0 Å². The number of rotatable bonds is 5. The Morgan fingerprint density at radius 3 is 2.48 bits per heavy atom. The van der Waals surface area contributed by atoms with Crippen LogP contribution in [0.15, 0.2) is 24.3 Å². The normalized spacial score (nSPS) is 22.7. The van der Waals surface area contributed by atoms with Gasteiger partial charge in [-0.3, -0.25) is 9.69 Å². The summed E-state index contributed by atoms with van der Waals surface area (Å²) in [6, 6.07) is 9.10. The summed E-state index contributed by atoms with van der Waals surface area (Å²) in [4.78, 5) is 17.2. The zero-order valence-electron chi connectivity index (χ0n) is 15.9. The molecule has 2 aliphatic heterocycles. The Labute approximate surface area is 151 Å². The SMILES string of the molecule is C[C@@H]1CCCCN1C1CN(C(=O)c2ccc(CCC(C)(C)O)cc2)C1. The van der Waals surface area contributed by atoms with Gasteiger partial charge in [0.2, 0.25) is 0 Å². The Balaban J connectivity index is 1.51. The number of aliphatic hydroxyl groups is 1. The molecular weight excluding hydrogens is 312 g/mol. The molecule has 2 heterocycles. The van der Waals surface area contributed by atoms with E-state index in [4.69, 9.17) is 0 Å². The van der Waals surface area contributed by atoms with Crippen LogP contribution in [0, 0.1) is 0 Å². The van der Waals surface area contributed by atoms with Crippen LogP contribution in [-0.2, 0) is 6.42 Å². The van der Waals surface area contributed by atoms with Crippen LogP contribution >= 0.6 is 0 Å². The summed E-state index contributed by atoms with van der Waals surface area (Å²) in [5, 5.41) is 9.82. The fourth-order valence-corrected chi connectivity index (χ4v) is 3.94. The van der Waals surface area contributed by atoms with Gasteiger partial charge in [0.15, 0.2) is 0 Å². The Hall–Kier alpha value is -1.39. The highest BCUT2D eigenvalue weighted by atomic mass is 16.3. The second kappa shape index (κ2) is 7.46. The predicted molar refractivity (Wildman–Crippen MR) is 101 cm³/mol. The van der Waals surface area contributed by atoms with Gasteiger partial charge in [-0.2, -0.15) is 0 Å². The maximum absolute atomic E-state index is 12.6. The minimum Gasteiger partial charge on any atom is -0.390 e. The molecule has 1 N–H and O–H groups in total. The van der Waals surface area contributed by atoms with Gasteiger partial charge in [0, 0.05) is 30.7 Å². The lowest BCUT2D eigenvalue weighted by molar-refractivity contribution is 0.00212. The fraction of sp³-hybridized carbons (Fsp3) is 0.667. The van der Waals surface area contributed by atoms with Crippen molar-refractivity contribution in [3.63, 3.8) is 0 Å². The van der Waals surface area contributed by atoms with E-state index in [0.29, 0.717) is 12.1 Å². The molecule has 138 valence electrons. The van der Waals surface area contributed by atoms with Gasteiger partial charge in [-0.15, -0.1) is 0 Å². The number of amides is 1. The van der Waals surface area contributed by atoms with Gasteiger partial charge in [-0.1, -0.05) is 18.6 Å². The van der Waals surface area contributed by atoms with E-state index in [1.807, 2.05) is 43.0 Å². The average Bonchev–Trinajstić information content (AvgIpc) is 2.53. The topological polar surface area (TPSA) is 43.8 Å². The molecule has 0 saturated carbocycles. The number of benzene rings is 1. The van der Waals surface area contributed by atoms with Gasteiger partial charge < -0.3 is 10.0 Å². The lowest BCUT2D eigenvalue weighted by atomic mass is 9.96. The van der Waals surface area contributed by atoms with Crippen LogP contribution in [0.2, 0.25) is 0 Å². The highest BCUT2D eigenvalue weighted by Gasteiger charge is 2.37. The summed E-state index contributed by atoms with van der Waals surface area (Å²) < 4.78 is 0. The first-order chi connectivity index (χ1) is 11.8. The molecule has 1 aromatic carbocycles. The van der Waals surface area contributed by atoms with Gasteiger partial charge in [0.25, 0.3) is 5.91 Å². The number of likely N-dealkylation sites (tertiary alicyclic amines) is 2. The summed E-state index contributed by atoms with van der Waals surface area (Å²) in [6.07, 6.45) is 5.48.